The molecule has 0 aliphatic heterocycles. The standard InChI is InChI=1S/C59H112N4O10S/c1-4-7-10-13-16-19-20-23-26-29-35-42-58(70)73-52(40-33-28-25-22-18-15-12-9-6-3)46-55(66)63-53(48-74-49-56(67)68)59(71)61-44-37-38-50(47-72-57(69)41-34-30-31-36-43-60)62-54(65)45-51(64)39-32-27-24-21-17-14-11-8-5-2/h50-53,64H,4-49,60H2,1-3H3,(H,61,71)(H,62,65)(H,63,66)(H,67,68)/t50-,51-,52-,53+/m1/s1. The first-order valence-corrected chi connectivity index (χ1v) is 31.5. The van der Waals surface area contributed by atoms with Crippen molar-refractivity contribution in [3.05, 3.63) is 0 Å². The van der Waals surface area contributed by atoms with Crippen LogP contribution in [0.1, 0.15) is 284 Å². The van der Waals surface area contributed by atoms with Crippen LogP contribution in [0.3, 0.4) is 0 Å². The second-order valence-electron chi connectivity index (χ2n) is 21.1. The molecule has 14 nitrogen and oxygen atoms in total. The quantitative estimate of drug-likeness (QED) is 0.0247. The maximum absolute atomic E-state index is 13.6. The van der Waals surface area contributed by atoms with Gasteiger partial charge < -0.3 is 41.4 Å². The molecule has 0 saturated carbocycles. The van der Waals surface area contributed by atoms with Crippen molar-refractivity contribution >= 4 is 47.4 Å². The lowest BCUT2D eigenvalue weighted by atomic mass is 10.0. The van der Waals surface area contributed by atoms with Crippen molar-refractivity contribution in [1.82, 2.24) is 16.0 Å². The first-order valence-electron chi connectivity index (χ1n) is 30.3. The number of hydrogen-bond acceptors (Lipinski definition) is 11. The molecule has 0 aliphatic carbocycles. The van der Waals surface area contributed by atoms with Crippen molar-refractivity contribution < 1.29 is 48.5 Å². The number of amides is 3. The number of nitrogens with two attached hydrogens (primary N) is 1. The van der Waals surface area contributed by atoms with Gasteiger partial charge in [-0.15, -0.1) is 11.8 Å². The minimum atomic E-state index is -1.04. The van der Waals surface area contributed by atoms with Crippen molar-refractivity contribution in [1.29, 1.82) is 0 Å². The molecule has 0 fully saturated rings. The first-order chi connectivity index (χ1) is 35.9. The molecule has 0 aromatic carbocycles. The van der Waals surface area contributed by atoms with Crippen molar-refractivity contribution in [2.24, 2.45) is 5.73 Å². The van der Waals surface area contributed by atoms with Gasteiger partial charge in [-0.3, -0.25) is 28.8 Å². The number of hydrogen-bond donors (Lipinski definition) is 6. The van der Waals surface area contributed by atoms with Gasteiger partial charge in [0.1, 0.15) is 18.8 Å². The number of aliphatic carboxylic acids is 1. The molecule has 0 rings (SSSR count). The summed E-state index contributed by atoms with van der Waals surface area (Å²) in [4.78, 5) is 77.5. The number of carboxylic acid groups (broad SMARTS) is 1. The van der Waals surface area contributed by atoms with Crippen LogP contribution in [0, 0.1) is 0 Å². The van der Waals surface area contributed by atoms with E-state index in [1.54, 1.807) is 0 Å². The average Bonchev–Trinajstić information content (AvgIpc) is 3.36. The van der Waals surface area contributed by atoms with Crippen LogP contribution < -0.4 is 21.7 Å². The number of aliphatic hydroxyl groups is 1. The second kappa shape index (κ2) is 53.5. The number of esters is 2. The Morgan fingerprint density at radius 1 is 0.514 bits per heavy atom. The van der Waals surface area contributed by atoms with Gasteiger partial charge in [0, 0.05) is 25.1 Å². The largest absolute Gasteiger partial charge is 0.481 e. The minimum Gasteiger partial charge on any atom is -0.481 e. The lowest BCUT2D eigenvalue weighted by molar-refractivity contribution is -0.151. The molecular formula is C59H112N4O10S. The monoisotopic (exact) mass is 1070 g/mol. The van der Waals surface area contributed by atoms with E-state index in [1.165, 1.54) is 122 Å². The van der Waals surface area contributed by atoms with Gasteiger partial charge in [0.25, 0.3) is 0 Å². The van der Waals surface area contributed by atoms with E-state index in [0.29, 0.717) is 45.1 Å². The van der Waals surface area contributed by atoms with Crippen LogP contribution in [0.25, 0.3) is 0 Å². The van der Waals surface area contributed by atoms with Crippen LogP contribution in [-0.2, 0) is 38.2 Å². The molecule has 3 amide bonds. The summed E-state index contributed by atoms with van der Waals surface area (Å²) in [7, 11) is 0. The number of ether oxygens (including phenoxy) is 2. The first kappa shape index (κ1) is 71.1. The smallest absolute Gasteiger partial charge is 0.313 e. The zero-order valence-corrected chi connectivity index (χ0v) is 48.3. The topological polar surface area (TPSA) is 223 Å². The Morgan fingerprint density at radius 3 is 1.46 bits per heavy atom. The molecule has 0 aliphatic rings. The van der Waals surface area contributed by atoms with Gasteiger partial charge >= 0.3 is 17.9 Å². The van der Waals surface area contributed by atoms with Crippen LogP contribution >= 0.6 is 11.8 Å². The summed E-state index contributed by atoms with van der Waals surface area (Å²) in [6, 6.07) is -1.59. The number of aliphatic hydroxyl groups excluding tert-OH is 1. The second-order valence-corrected chi connectivity index (χ2v) is 22.1. The van der Waals surface area contributed by atoms with Crippen LogP contribution in [0.15, 0.2) is 0 Å². The number of carboxylic acids is 1. The summed E-state index contributed by atoms with van der Waals surface area (Å²) < 4.78 is 11.5. The van der Waals surface area contributed by atoms with Crippen LogP contribution in [0.5, 0.6) is 0 Å². The van der Waals surface area contributed by atoms with Gasteiger partial charge in [0.2, 0.25) is 17.7 Å². The fraction of sp³-hybridized carbons (Fsp3) is 0.898. The Morgan fingerprint density at radius 2 is 0.959 bits per heavy atom. The third kappa shape index (κ3) is 48.7. The van der Waals surface area contributed by atoms with Gasteiger partial charge in [0.15, 0.2) is 0 Å². The average molecular weight is 1070 g/mol. The third-order valence-electron chi connectivity index (χ3n) is 13.7. The predicted octanol–water partition coefficient (Wildman–Crippen LogP) is 12.7. The lowest BCUT2D eigenvalue weighted by Crippen LogP contribution is -2.49. The van der Waals surface area contributed by atoms with Gasteiger partial charge in [-0.25, -0.2) is 0 Å². The molecule has 74 heavy (non-hydrogen) atoms. The summed E-state index contributed by atoms with van der Waals surface area (Å²) in [5.74, 6) is -3.21. The maximum Gasteiger partial charge on any atom is 0.313 e. The number of unbranched alkanes of at least 4 members (excludes halogenated alkanes) is 29. The number of carbonyl (C=O) groups is 6. The van der Waals surface area contributed by atoms with E-state index in [0.717, 1.165) is 95.2 Å². The van der Waals surface area contributed by atoms with Crippen LogP contribution in [0.4, 0.5) is 0 Å². The summed E-state index contributed by atoms with van der Waals surface area (Å²) in [5.41, 5.74) is 5.59. The van der Waals surface area contributed by atoms with Gasteiger partial charge in [-0.2, -0.15) is 0 Å². The van der Waals surface area contributed by atoms with E-state index in [4.69, 9.17) is 15.2 Å². The Balaban J connectivity index is 5.48. The number of thioether (sulfide) groups is 1. The Kier molecular flexibility index (Phi) is 51.4. The van der Waals surface area contributed by atoms with Crippen molar-refractivity contribution in [2.45, 2.75) is 308 Å². The summed E-state index contributed by atoms with van der Waals surface area (Å²) >= 11 is 1.02. The molecule has 0 saturated heterocycles. The predicted molar refractivity (Wildman–Crippen MR) is 304 cm³/mol. The van der Waals surface area contributed by atoms with E-state index < -0.39 is 42.1 Å². The normalized spacial score (nSPS) is 12.9. The van der Waals surface area contributed by atoms with Gasteiger partial charge in [0.05, 0.1) is 30.7 Å². The molecule has 0 aromatic heterocycles. The Labute approximate surface area is 455 Å². The molecular weight excluding hydrogens is 957 g/mol. The molecule has 0 heterocycles. The number of nitrogens with one attached hydrogen (secondary N) is 3. The third-order valence-corrected chi connectivity index (χ3v) is 14.7. The number of rotatable bonds is 56. The Hall–Kier alpha value is -2.91. The molecule has 0 unspecified atom stereocenters. The van der Waals surface area contributed by atoms with E-state index in [2.05, 4.69) is 36.7 Å². The van der Waals surface area contributed by atoms with E-state index in [-0.39, 0.29) is 61.8 Å². The molecule has 0 bridgehead atoms. The van der Waals surface area contributed by atoms with E-state index in [1.807, 2.05) is 0 Å². The fourth-order valence-corrected chi connectivity index (χ4v) is 9.94. The van der Waals surface area contributed by atoms with Crippen molar-refractivity contribution in [2.75, 3.05) is 31.2 Å². The minimum absolute atomic E-state index is 0.0215. The molecule has 0 radical (unpaired) electrons. The molecule has 7 N–H and O–H groups in total. The van der Waals surface area contributed by atoms with Crippen LogP contribution in [0.2, 0.25) is 0 Å². The molecule has 0 aromatic rings. The Bertz CT molecular complexity index is 1380. The maximum atomic E-state index is 13.6. The zero-order valence-electron chi connectivity index (χ0n) is 47.5. The zero-order chi connectivity index (χ0) is 54.5. The van der Waals surface area contributed by atoms with Crippen molar-refractivity contribution in [3.63, 3.8) is 0 Å². The fourth-order valence-electron chi connectivity index (χ4n) is 9.18. The van der Waals surface area contributed by atoms with E-state index in [9.17, 15) is 39.0 Å². The van der Waals surface area contributed by atoms with Crippen molar-refractivity contribution in [3.8, 4) is 0 Å². The highest BCUT2D eigenvalue weighted by molar-refractivity contribution is 8.00. The van der Waals surface area contributed by atoms with E-state index >= 15 is 0 Å². The highest BCUT2D eigenvalue weighted by atomic mass is 32.2. The molecule has 4 atom stereocenters. The highest BCUT2D eigenvalue weighted by Crippen LogP contribution is 2.18. The molecule has 15 heteroatoms. The summed E-state index contributed by atoms with van der Waals surface area (Å²) in [6.07, 6.45) is 37.8. The van der Waals surface area contributed by atoms with Crippen LogP contribution in [-0.4, -0.2) is 101 Å². The lowest BCUT2D eigenvalue weighted by Gasteiger charge is -2.22. The van der Waals surface area contributed by atoms with Gasteiger partial charge in [-0.1, -0.05) is 207 Å². The number of carbonyl (C=O) groups excluding carboxylic acids is 5. The highest BCUT2D eigenvalue weighted by Gasteiger charge is 2.25. The van der Waals surface area contributed by atoms with Gasteiger partial charge in [-0.05, 0) is 57.9 Å². The summed E-state index contributed by atoms with van der Waals surface area (Å²) in [6.45, 7) is 7.39. The molecule has 0 spiro atoms. The summed E-state index contributed by atoms with van der Waals surface area (Å²) in [5, 5.41) is 28.6. The molecule has 434 valence electrons. The SMILES string of the molecule is CCCCCCCCCCCCCC(=O)O[C@H](CCCCCCCCCCC)CC(=O)N[C@@H](CSCC(=O)O)C(=O)NCCC[C@H](COC(=O)CCCCCCN)NC(=O)C[C@H](O)CCCCCCCCCCC.